The molecular weight excluding hydrogens is 411 g/mol. The van der Waals surface area contributed by atoms with E-state index in [4.69, 9.17) is 17.3 Å². The van der Waals surface area contributed by atoms with Gasteiger partial charge in [-0.05, 0) is 38.0 Å². The van der Waals surface area contributed by atoms with Crippen molar-refractivity contribution in [3.63, 3.8) is 0 Å². The number of nitrogens with zero attached hydrogens (tertiary/aromatic N) is 2. The van der Waals surface area contributed by atoms with Crippen LogP contribution in [0, 0.1) is 5.82 Å². The van der Waals surface area contributed by atoms with Crippen molar-refractivity contribution in [2.24, 2.45) is 10.7 Å². The molecule has 29 heavy (non-hydrogen) atoms. The lowest BCUT2D eigenvalue weighted by molar-refractivity contribution is -0.117. The van der Waals surface area contributed by atoms with Gasteiger partial charge in [-0.25, -0.2) is 9.38 Å². The average Bonchev–Trinajstić information content (AvgIpc) is 3.42. The van der Waals surface area contributed by atoms with Crippen molar-refractivity contribution in [1.82, 2.24) is 10.2 Å². The number of amides is 1. The maximum absolute atomic E-state index is 14.5. The third kappa shape index (κ3) is 3.31. The smallest absolute Gasteiger partial charge is 0.310 e. The Hall–Kier alpha value is -2.75. The molecule has 1 aliphatic heterocycles. The molecule has 2 aromatic rings. The van der Waals surface area contributed by atoms with Crippen molar-refractivity contribution < 1.29 is 22.7 Å². The zero-order valence-corrected chi connectivity index (χ0v) is 16.0. The predicted octanol–water partition coefficient (Wildman–Crippen LogP) is 3.53. The first-order valence-corrected chi connectivity index (χ1v) is 9.21. The quantitative estimate of drug-likeness (QED) is 0.694. The topological polar surface area (TPSA) is 105 Å². The number of anilines is 1. The number of halogens is 4. The average molecular weight is 428 g/mol. The number of carbonyl (C=O) groups excluding carboxylic acids is 1. The first-order chi connectivity index (χ1) is 13.6. The largest absolute Gasteiger partial charge is 0.459 e. The second-order valence-corrected chi connectivity index (χ2v) is 7.62. The molecule has 2 heterocycles. The van der Waals surface area contributed by atoms with Crippen molar-refractivity contribution >= 4 is 29.2 Å². The van der Waals surface area contributed by atoms with Crippen molar-refractivity contribution in [3.05, 3.63) is 46.0 Å². The first-order valence-electron chi connectivity index (χ1n) is 8.83. The molecule has 1 atom stereocenters. The van der Waals surface area contributed by atoms with E-state index in [-0.39, 0.29) is 22.3 Å². The summed E-state index contributed by atoms with van der Waals surface area (Å²) in [6.07, 6.45) is 1.93. The molecule has 1 aromatic heterocycles. The molecule has 0 bridgehead atoms. The number of carbonyl (C=O) groups is 1. The Morgan fingerprint density at radius 2 is 2.14 bits per heavy atom. The van der Waals surface area contributed by atoms with Crippen LogP contribution in [0.15, 0.2) is 23.2 Å². The molecular formula is C18H17ClF3N5O2. The minimum atomic E-state index is -3.52. The fourth-order valence-corrected chi connectivity index (χ4v) is 3.52. The van der Waals surface area contributed by atoms with E-state index in [1.54, 1.807) is 0 Å². The van der Waals surface area contributed by atoms with Gasteiger partial charge in [0.2, 0.25) is 0 Å². The molecule has 1 fully saturated rings. The normalized spacial score (nSPS) is 23.3. The molecule has 0 spiro atoms. The molecule has 1 amide bonds. The molecule has 1 saturated carbocycles. The standard InChI is InChI=1S/C18H17ClF3N5O2/c1-17(18(21,22)7-29-16(23)25-17)10-6-9(4-5-11(10)20)24-15(28)14-12(19)13(26-27-14)8-2-3-8/h4-6,8H,2-3,7H2,1H3,(H2,23,25)(H,24,28)(H,26,27). The van der Waals surface area contributed by atoms with Crippen LogP contribution in [0.2, 0.25) is 5.02 Å². The number of amidine groups is 1. The lowest BCUT2D eigenvalue weighted by Gasteiger charge is -2.37. The molecule has 2 aliphatic rings. The van der Waals surface area contributed by atoms with Crippen molar-refractivity contribution in [2.45, 2.75) is 37.1 Å². The summed E-state index contributed by atoms with van der Waals surface area (Å²) in [5.41, 5.74) is 3.45. The summed E-state index contributed by atoms with van der Waals surface area (Å²) in [6.45, 7) is 0.0145. The zero-order valence-electron chi connectivity index (χ0n) is 15.2. The van der Waals surface area contributed by atoms with E-state index in [9.17, 15) is 18.0 Å². The minimum Gasteiger partial charge on any atom is -0.459 e. The van der Waals surface area contributed by atoms with Crippen LogP contribution >= 0.6 is 11.6 Å². The summed E-state index contributed by atoms with van der Waals surface area (Å²) < 4.78 is 48.1. The van der Waals surface area contributed by atoms with E-state index in [2.05, 4.69) is 25.2 Å². The van der Waals surface area contributed by atoms with E-state index >= 15 is 0 Å². The van der Waals surface area contributed by atoms with Crippen LogP contribution < -0.4 is 11.1 Å². The highest BCUT2D eigenvalue weighted by Gasteiger charge is 2.56. The molecule has 1 unspecified atom stereocenters. The Balaban J connectivity index is 1.65. The number of hydrogen-bond acceptors (Lipinski definition) is 5. The second kappa shape index (κ2) is 6.65. The van der Waals surface area contributed by atoms with Crippen LogP contribution in [0.1, 0.15) is 47.4 Å². The highest BCUT2D eigenvalue weighted by atomic mass is 35.5. The second-order valence-electron chi connectivity index (χ2n) is 7.24. The summed E-state index contributed by atoms with van der Waals surface area (Å²) >= 11 is 6.21. The van der Waals surface area contributed by atoms with Crippen LogP contribution in [-0.2, 0) is 10.3 Å². The molecule has 4 N–H and O–H groups in total. The minimum absolute atomic E-state index is 0.0238. The van der Waals surface area contributed by atoms with Crippen LogP contribution in [0.5, 0.6) is 0 Å². The lowest BCUT2D eigenvalue weighted by atomic mass is 9.85. The Bertz CT molecular complexity index is 1020. The van der Waals surface area contributed by atoms with Gasteiger partial charge in [-0.15, -0.1) is 0 Å². The van der Waals surface area contributed by atoms with Gasteiger partial charge in [-0.1, -0.05) is 11.6 Å². The molecule has 1 aromatic carbocycles. The number of alkyl halides is 2. The Kier molecular flexibility index (Phi) is 4.49. The van der Waals surface area contributed by atoms with Gasteiger partial charge in [0.05, 0.1) is 10.7 Å². The summed E-state index contributed by atoms with van der Waals surface area (Å²) in [7, 11) is 0. The molecule has 0 radical (unpaired) electrons. The number of hydrogen-bond donors (Lipinski definition) is 3. The van der Waals surface area contributed by atoms with E-state index < -0.39 is 41.4 Å². The SMILES string of the molecule is CC1(c2cc(NC(=O)c3n[nH]c(C4CC4)c3Cl)ccc2F)N=C(N)OCC1(F)F. The van der Waals surface area contributed by atoms with E-state index in [0.717, 1.165) is 31.9 Å². The van der Waals surface area contributed by atoms with E-state index in [1.807, 2.05) is 0 Å². The highest BCUT2D eigenvalue weighted by Crippen LogP contribution is 2.45. The van der Waals surface area contributed by atoms with Crippen molar-refractivity contribution in [3.8, 4) is 0 Å². The van der Waals surface area contributed by atoms with Gasteiger partial charge < -0.3 is 15.8 Å². The number of benzene rings is 1. The summed E-state index contributed by atoms with van der Waals surface area (Å²) in [4.78, 5) is 16.2. The predicted molar refractivity (Wildman–Crippen MR) is 99.8 cm³/mol. The van der Waals surface area contributed by atoms with Gasteiger partial charge >= 0.3 is 5.92 Å². The summed E-state index contributed by atoms with van der Waals surface area (Å²) in [5.74, 6) is -4.84. The number of ether oxygens (including phenoxy) is 1. The third-order valence-corrected chi connectivity index (χ3v) is 5.51. The fourth-order valence-electron chi connectivity index (χ4n) is 3.20. The van der Waals surface area contributed by atoms with Gasteiger partial charge in [0, 0.05) is 17.2 Å². The van der Waals surface area contributed by atoms with Crippen LogP contribution in [0.25, 0.3) is 0 Å². The zero-order chi connectivity index (χ0) is 21.0. The molecule has 7 nitrogen and oxygen atoms in total. The van der Waals surface area contributed by atoms with Crippen LogP contribution in [0.4, 0.5) is 18.9 Å². The first kappa shape index (κ1) is 19.6. The Labute approximate surface area is 168 Å². The number of aromatic nitrogens is 2. The molecule has 4 rings (SSSR count). The van der Waals surface area contributed by atoms with Crippen molar-refractivity contribution in [2.75, 3.05) is 11.9 Å². The molecule has 11 heteroatoms. The highest BCUT2D eigenvalue weighted by molar-refractivity contribution is 6.34. The fraction of sp³-hybridized carbons (Fsp3) is 0.389. The molecule has 1 aliphatic carbocycles. The van der Waals surface area contributed by atoms with Gasteiger partial charge in [0.25, 0.3) is 11.9 Å². The molecule has 154 valence electrons. The number of aliphatic imine (C=N–C) groups is 1. The third-order valence-electron chi connectivity index (χ3n) is 5.13. The Morgan fingerprint density at radius 1 is 1.41 bits per heavy atom. The number of H-pyrrole nitrogens is 1. The maximum Gasteiger partial charge on any atom is 0.310 e. The van der Waals surface area contributed by atoms with Crippen molar-refractivity contribution in [1.29, 1.82) is 0 Å². The molecule has 0 saturated heterocycles. The van der Waals surface area contributed by atoms with Gasteiger partial charge in [0.1, 0.15) is 5.82 Å². The maximum atomic E-state index is 14.5. The summed E-state index contributed by atoms with van der Waals surface area (Å²) in [5, 5.41) is 9.40. The van der Waals surface area contributed by atoms with Gasteiger partial charge in [0.15, 0.2) is 17.8 Å². The van der Waals surface area contributed by atoms with Gasteiger partial charge in [-0.2, -0.15) is 13.9 Å². The number of rotatable bonds is 4. The number of nitrogens with two attached hydrogens (primary N) is 1. The monoisotopic (exact) mass is 427 g/mol. The Morgan fingerprint density at radius 3 is 2.83 bits per heavy atom. The number of nitrogens with one attached hydrogen (secondary N) is 2. The van der Waals surface area contributed by atoms with E-state index in [0.29, 0.717) is 5.69 Å². The number of aromatic amines is 1. The van der Waals surface area contributed by atoms with Gasteiger partial charge in [-0.3, -0.25) is 9.89 Å². The lowest BCUT2D eigenvalue weighted by Crippen LogP contribution is -2.51. The van der Waals surface area contributed by atoms with Crippen LogP contribution in [-0.4, -0.2) is 34.7 Å². The van der Waals surface area contributed by atoms with Crippen LogP contribution in [0.3, 0.4) is 0 Å². The van der Waals surface area contributed by atoms with E-state index in [1.165, 1.54) is 6.07 Å². The summed E-state index contributed by atoms with van der Waals surface area (Å²) in [6, 6.07) is 2.83.